The molecule has 0 aliphatic rings. The summed E-state index contributed by atoms with van der Waals surface area (Å²) in [6.07, 6.45) is 0.917. The maximum atomic E-state index is 9.03. The molecule has 0 aliphatic carbocycles. The SMILES string of the molecule is C=C(OCCP(c1ccccc1)c1ccccc1)c1cccc(C#N)c1. The van der Waals surface area contributed by atoms with Crippen molar-refractivity contribution in [2.24, 2.45) is 0 Å². The van der Waals surface area contributed by atoms with Gasteiger partial charge in [-0.05, 0) is 30.7 Å². The third kappa shape index (κ3) is 4.60. The van der Waals surface area contributed by atoms with Gasteiger partial charge in [-0.15, -0.1) is 0 Å². The highest BCUT2D eigenvalue weighted by Gasteiger charge is 2.13. The molecule has 3 heteroatoms. The van der Waals surface area contributed by atoms with E-state index in [1.807, 2.05) is 24.3 Å². The number of benzene rings is 3. The largest absolute Gasteiger partial charge is 0.493 e. The molecule has 0 atom stereocenters. The number of rotatable bonds is 7. The zero-order chi connectivity index (χ0) is 18.2. The lowest BCUT2D eigenvalue weighted by atomic mass is 10.1. The summed E-state index contributed by atoms with van der Waals surface area (Å²) in [5.74, 6) is 0.609. The molecule has 0 unspecified atom stereocenters. The fraction of sp³-hybridized carbons (Fsp3) is 0.0870. The Kier molecular flexibility index (Phi) is 6.20. The highest BCUT2D eigenvalue weighted by Crippen LogP contribution is 2.33. The molecule has 0 saturated carbocycles. The molecule has 0 bridgehead atoms. The number of ether oxygens (including phenoxy) is 1. The van der Waals surface area contributed by atoms with Gasteiger partial charge in [0.05, 0.1) is 18.2 Å². The van der Waals surface area contributed by atoms with Crippen LogP contribution in [-0.2, 0) is 4.74 Å². The topological polar surface area (TPSA) is 33.0 Å². The molecule has 0 spiro atoms. The van der Waals surface area contributed by atoms with Crippen LogP contribution in [0.5, 0.6) is 0 Å². The molecule has 0 N–H and O–H groups in total. The quantitative estimate of drug-likeness (QED) is 0.454. The number of hydrogen-bond donors (Lipinski definition) is 0. The minimum absolute atomic E-state index is 0.478. The van der Waals surface area contributed by atoms with Crippen molar-refractivity contribution in [1.29, 1.82) is 5.26 Å². The van der Waals surface area contributed by atoms with E-state index < -0.39 is 7.92 Å². The Bertz CT molecular complexity index is 861. The van der Waals surface area contributed by atoms with Crippen LogP contribution in [0.3, 0.4) is 0 Å². The first-order valence-corrected chi connectivity index (χ1v) is 10.0. The first kappa shape index (κ1) is 17.9. The zero-order valence-electron chi connectivity index (χ0n) is 14.5. The predicted octanol–water partition coefficient (Wildman–Crippen LogP) is 4.68. The second kappa shape index (κ2) is 8.99. The van der Waals surface area contributed by atoms with Crippen molar-refractivity contribution in [2.45, 2.75) is 0 Å². The van der Waals surface area contributed by atoms with E-state index in [2.05, 4.69) is 61.2 Å². The fourth-order valence-electron chi connectivity index (χ4n) is 2.73. The Balaban J connectivity index is 1.69. The summed E-state index contributed by atoms with van der Waals surface area (Å²) in [6.45, 7) is 4.61. The fourth-order valence-corrected chi connectivity index (χ4v) is 4.88. The van der Waals surface area contributed by atoms with Gasteiger partial charge >= 0.3 is 0 Å². The van der Waals surface area contributed by atoms with Gasteiger partial charge in [0.15, 0.2) is 0 Å². The van der Waals surface area contributed by atoms with Crippen LogP contribution >= 0.6 is 7.92 Å². The van der Waals surface area contributed by atoms with E-state index in [1.165, 1.54) is 10.6 Å². The van der Waals surface area contributed by atoms with Crippen LogP contribution in [0.1, 0.15) is 11.1 Å². The molecule has 0 saturated heterocycles. The first-order chi connectivity index (χ1) is 12.8. The number of hydrogen-bond acceptors (Lipinski definition) is 2. The lowest BCUT2D eigenvalue weighted by Crippen LogP contribution is -2.16. The average molecular weight is 357 g/mol. The van der Waals surface area contributed by atoms with E-state index in [1.54, 1.807) is 12.1 Å². The van der Waals surface area contributed by atoms with E-state index in [4.69, 9.17) is 10.00 Å². The van der Waals surface area contributed by atoms with Gasteiger partial charge in [-0.2, -0.15) is 5.26 Å². The molecule has 3 aromatic carbocycles. The minimum atomic E-state index is -0.478. The number of nitriles is 1. The molecule has 0 heterocycles. The van der Waals surface area contributed by atoms with Crippen molar-refractivity contribution in [3.63, 3.8) is 0 Å². The molecule has 0 aromatic heterocycles. The van der Waals surface area contributed by atoms with E-state index in [-0.39, 0.29) is 0 Å². The van der Waals surface area contributed by atoms with Crippen molar-refractivity contribution in [3.05, 3.63) is 103 Å². The van der Waals surface area contributed by atoms with Crippen molar-refractivity contribution in [2.75, 3.05) is 12.8 Å². The normalized spacial score (nSPS) is 10.3. The molecule has 26 heavy (non-hydrogen) atoms. The van der Waals surface area contributed by atoms with Gasteiger partial charge in [-0.3, -0.25) is 0 Å². The van der Waals surface area contributed by atoms with Gasteiger partial charge in [-0.25, -0.2) is 0 Å². The molecule has 128 valence electrons. The molecule has 0 radical (unpaired) electrons. The van der Waals surface area contributed by atoms with Crippen LogP contribution in [-0.4, -0.2) is 12.8 Å². The van der Waals surface area contributed by atoms with Gasteiger partial charge in [0.2, 0.25) is 0 Å². The summed E-state index contributed by atoms with van der Waals surface area (Å²) < 4.78 is 5.91. The Morgan fingerprint density at radius 2 is 1.50 bits per heavy atom. The van der Waals surface area contributed by atoms with Crippen molar-refractivity contribution in [3.8, 4) is 6.07 Å². The van der Waals surface area contributed by atoms with Gasteiger partial charge in [0.1, 0.15) is 5.76 Å². The standard InChI is InChI=1S/C23H20NOP/c1-19(21-10-8-9-20(17-21)18-24)25-15-16-26(22-11-4-2-5-12-22)23-13-6-3-7-14-23/h2-14,17H,1,15-16H2. The molecule has 3 aromatic rings. The van der Waals surface area contributed by atoms with Crippen LogP contribution in [0.2, 0.25) is 0 Å². The lowest BCUT2D eigenvalue weighted by Gasteiger charge is -2.19. The van der Waals surface area contributed by atoms with Crippen LogP contribution in [0.4, 0.5) is 0 Å². The molecule has 3 rings (SSSR count). The Labute approximate surface area is 156 Å². The average Bonchev–Trinajstić information content (AvgIpc) is 2.72. The molecular weight excluding hydrogens is 337 g/mol. The monoisotopic (exact) mass is 357 g/mol. The summed E-state index contributed by atoms with van der Waals surface area (Å²) in [5, 5.41) is 11.7. The summed E-state index contributed by atoms with van der Waals surface area (Å²) in [5.41, 5.74) is 1.47. The van der Waals surface area contributed by atoms with Gasteiger partial charge < -0.3 is 4.74 Å². The summed E-state index contributed by atoms with van der Waals surface area (Å²) >= 11 is 0. The molecule has 0 fully saturated rings. The minimum Gasteiger partial charge on any atom is -0.493 e. The maximum Gasteiger partial charge on any atom is 0.119 e. The second-order valence-corrected chi connectivity index (χ2v) is 8.12. The third-order valence-electron chi connectivity index (χ3n) is 4.04. The summed E-state index contributed by atoms with van der Waals surface area (Å²) in [4.78, 5) is 0. The number of nitrogens with zero attached hydrogens (tertiary/aromatic N) is 1. The van der Waals surface area contributed by atoms with Crippen molar-refractivity contribution in [1.82, 2.24) is 0 Å². The maximum absolute atomic E-state index is 9.03. The summed E-state index contributed by atoms with van der Waals surface area (Å²) in [7, 11) is -0.478. The van der Waals surface area contributed by atoms with Crippen LogP contribution in [0.15, 0.2) is 91.5 Å². The molecule has 0 aliphatic heterocycles. The van der Waals surface area contributed by atoms with Gasteiger partial charge in [0, 0.05) is 11.7 Å². The van der Waals surface area contributed by atoms with E-state index in [0.717, 1.165) is 11.7 Å². The molecule has 0 amide bonds. The Hall–Kier alpha value is -2.88. The Morgan fingerprint density at radius 3 is 2.08 bits per heavy atom. The van der Waals surface area contributed by atoms with E-state index in [9.17, 15) is 0 Å². The predicted molar refractivity (Wildman–Crippen MR) is 110 cm³/mol. The van der Waals surface area contributed by atoms with Crippen LogP contribution in [0.25, 0.3) is 5.76 Å². The lowest BCUT2D eigenvalue weighted by molar-refractivity contribution is 0.302. The van der Waals surface area contributed by atoms with Crippen molar-refractivity contribution < 1.29 is 4.74 Å². The zero-order valence-corrected chi connectivity index (χ0v) is 15.4. The summed E-state index contributed by atoms with van der Waals surface area (Å²) in [6, 6.07) is 30.7. The van der Waals surface area contributed by atoms with Crippen molar-refractivity contribution >= 4 is 24.3 Å². The smallest absolute Gasteiger partial charge is 0.119 e. The second-order valence-electron chi connectivity index (χ2n) is 5.79. The van der Waals surface area contributed by atoms with Crippen LogP contribution in [0, 0.1) is 11.3 Å². The third-order valence-corrected chi connectivity index (χ3v) is 6.51. The highest BCUT2D eigenvalue weighted by molar-refractivity contribution is 7.73. The van der Waals surface area contributed by atoms with Crippen LogP contribution < -0.4 is 10.6 Å². The molecular formula is C23H20NOP. The molecule has 2 nitrogen and oxygen atoms in total. The van der Waals surface area contributed by atoms with Gasteiger partial charge in [0.25, 0.3) is 0 Å². The highest BCUT2D eigenvalue weighted by atomic mass is 31.1. The first-order valence-electron chi connectivity index (χ1n) is 8.48. The van der Waals surface area contributed by atoms with Gasteiger partial charge in [-0.1, -0.05) is 79.4 Å². The Morgan fingerprint density at radius 1 is 0.885 bits per heavy atom. The van der Waals surface area contributed by atoms with E-state index >= 15 is 0 Å². The van der Waals surface area contributed by atoms with E-state index in [0.29, 0.717) is 17.9 Å².